The molecule has 0 atom stereocenters. The Bertz CT molecular complexity index is 622. The van der Waals surface area contributed by atoms with E-state index in [0.717, 1.165) is 11.1 Å². The lowest BCUT2D eigenvalue weighted by Crippen LogP contribution is -2.33. The molecule has 1 rings (SSSR count). The highest BCUT2D eigenvalue weighted by Crippen LogP contribution is 2.36. The summed E-state index contributed by atoms with van der Waals surface area (Å²) in [7, 11) is 0. The van der Waals surface area contributed by atoms with Gasteiger partial charge in [0.15, 0.2) is 0 Å². The van der Waals surface area contributed by atoms with Crippen molar-refractivity contribution in [3.05, 3.63) is 59.7 Å². The van der Waals surface area contributed by atoms with E-state index in [1.807, 2.05) is 24.3 Å². The van der Waals surface area contributed by atoms with Crippen molar-refractivity contribution in [2.24, 2.45) is 0 Å². The minimum Gasteiger partial charge on any atom is -0.451 e. The van der Waals surface area contributed by atoms with Gasteiger partial charge in [0.05, 0.1) is 0 Å². The van der Waals surface area contributed by atoms with E-state index in [0.29, 0.717) is 11.1 Å². The number of hydrogen-bond acceptors (Lipinski definition) is 4. The van der Waals surface area contributed by atoms with Crippen LogP contribution in [0.4, 0.5) is 0 Å². The first-order valence-corrected chi connectivity index (χ1v) is 7.76. The van der Waals surface area contributed by atoms with Crippen LogP contribution < -0.4 is 0 Å². The molecule has 0 bridgehead atoms. The van der Waals surface area contributed by atoms with Gasteiger partial charge < -0.3 is 9.47 Å². The maximum absolute atomic E-state index is 11.9. The summed E-state index contributed by atoms with van der Waals surface area (Å²) in [6.07, 6.45) is 0. The molecule has 0 fully saturated rings. The Morgan fingerprint density at radius 3 is 1.33 bits per heavy atom. The summed E-state index contributed by atoms with van der Waals surface area (Å²) < 4.78 is 11.2. The van der Waals surface area contributed by atoms with Crippen molar-refractivity contribution in [3.8, 4) is 0 Å². The zero-order valence-electron chi connectivity index (χ0n) is 15.4. The molecule has 0 saturated carbocycles. The summed E-state index contributed by atoms with van der Waals surface area (Å²) in [5.41, 5.74) is 0.374. The molecule has 0 spiro atoms. The summed E-state index contributed by atoms with van der Waals surface area (Å²) in [5, 5.41) is 0. The zero-order chi connectivity index (χ0) is 18.7. The van der Waals surface area contributed by atoms with Crippen molar-refractivity contribution in [3.63, 3.8) is 0 Å². The maximum atomic E-state index is 11.9. The van der Waals surface area contributed by atoms with Gasteiger partial charge in [0.1, 0.15) is 11.2 Å². The standard InChI is InChI=1S/C20H26O4/c1-13(2)17(21)23-19(5,6)15-11-9-10-12-16(15)20(7,8)24-18(22)14(3)4/h9-12H,1,3H2,2,4-8H3. The van der Waals surface area contributed by atoms with Gasteiger partial charge in [-0.2, -0.15) is 0 Å². The Balaban J connectivity index is 3.29. The van der Waals surface area contributed by atoms with Gasteiger partial charge in [-0.15, -0.1) is 0 Å². The highest BCUT2D eigenvalue weighted by atomic mass is 16.6. The van der Waals surface area contributed by atoms with Crippen LogP contribution in [-0.4, -0.2) is 11.9 Å². The molecule has 24 heavy (non-hydrogen) atoms. The largest absolute Gasteiger partial charge is 0.451 e. The number of esters is 2. The van der Waals surface area contributed by atoms with Crippen LogP contribution in [0.1, 0.15) is 52.7 Å². The molecule has 0 saturated heterocycles. The highest BCUT2D eigenvalue weighted by molar-refractivity contribution is 5.88. The zero-order valence-corrected chi connectivity index (χ0v) is 15.4. The van der Waals surface area contributed by atoms with E-state index in [1.54, 1.807) is 41.5 Å². The molecule has 0 radical (unpaired) electrons. The third-order valence-corrected chi connectivity index (χ3v) is 3.62. The van der Waals surface area contributed by atoms with Gasteiger partial charge in [-0.1, -0.05) is 37.4 Å². The normalized spacial score (nSPS) is 11.6. The van der Waals surface area contributed by atoms with Crippen LogP contribution in [0.5, 0.6) is 0 Å². The Kier molecular flexibility index (Phi) is 5.77. The summed E-state index contributed by atoms with van der Waals surface area (Å²) >= 11 is 0. The van der Waals surface area contributed by atoms with Crippen LogP contribution in [0.2, 0.25) is 0 Å². The first-order chi connectivity index (χ1) is 10.9. The van der Waals surface area contributed by atoms with Crippen molar-refractivity contribution in [1.29, 1.82) is 0 Å². The van der Waals surface area contributed by atoms with Gasteiger partial charge in [-0.05, 0) is 41.5 Å². The highest BCUT2D eigenvalue weighted by Gasteiger charge is 2.35. The van der Waals surface area contributed by atoms with Crippen LogP contribution in [-0.2, 0) is 30.3 Å². The van der Waals surface area contributed by atoms with Crippen molar-refractivity contribution in [1.82, 2.24) is 0 Å². The molecule has 1 aromatic rings. The lowest BCUT2D eigenvalue weighted by atomic mass is 9.85. The first kappa shape index (κ1) is 19.7. The van der Waals surface area contributed by atoms with Gasteiger partial charge in [-0.25, -0.2) is 9.59 Å². The number of rotatable bonds is 6. The lowest BCUT2D eigenvalue weighted by Gasteiger charge is -2.34. The molecule has 0 aliphatic carbocycles. The molecule has 0 aromatic heterocycles. The predicted octanol–water partition coefficient (Wildman–Crippen LogP) is 4.40. The van der Waals surface area contributed by atoms with E-state index >= 15 is 0 Å². The van der Waals surface area contributed by atoms with Crippen LogP contribution in [0.15, 0.2) is 48.6 Å². The molecule has 0 heterocycles. The molecule has 130 valence electrons. The van der Waals surface area contributed by atoms with E-state index in [4.69, 9.17) is 9.47 Å². The molecular formula is C20H26O4. The van der Waals surface area contributed by atoms with Crippen molar-refractivity contribution in [2.75, 3.05) is 0 Å². The number of ether oxygens (including phenoxy) is 2. The van der Waals surface area contributed by atoms with Gasteiger partial charge in [0, 0.05) is 22.3 Å². The van der Waals surface area contributed by atoms with E-state index in [2.05, 4.69) is 13.2 Å². The van der Waals surface area contributed by atoms with Crippen LogP contribution >= 0.6 is 0 Å². The molecule has 0 unspecified atom stereocenters. The van der Waals surface area contributed by atoms with Crippen LogP contribution in [0.25, 0.3) is 0 Å². The third-order valence-electron chi connectivity index (χ3n) is 3.62. The fourth-order valence-electron chi connectivity index (χ4n) is 2.28. The van der Waals surface area contributed by atoms with Crippen molar-refractivity contribution in [2.45, 2.75) is 52.7 Å². The number of carbonyl (C=O) groups is 2. The average Bonchev–Trinajstić information content (AvgIpc) is 2.46. The monoisotopic (exact) mass is 330 g/mol. The lowest BCUT2D eigenvalue weighted by molar-refractivity contribution is -0.156. The van der Waals surface area contributed by atoms with E-state index < -0.39 is 23.1 Å². The summed E-state index contributed by atoms with van der Waals surface area (Å²) in [5.74, 6) is -0.932. The third kappa shape index (κ3) is 4.57. The Morgan fingerprint density at radius 1 is 0.792 bits per heavy atom. The molecule has 0 amide bonds. The molecule has 0 N–H and O–H groups in total. The molecule has 4 nitrogen and oxygen atoms in total. The number of benzene rings is 1. The van der Waals surface area contributed by atoms with Gasteiger partial charge in [0.25, 0.3) is 0 Å². The number of carbonyl (C=O) groups excluding carboxylic acids is 2. The first-order valence-electron chi connectivity index (χ1n) is 7.76. The minimum absolute atomic E-state index is 0.327. The summed E-state index contributed by atoms with van der Waals surface area (Å²) in [4.78, 5) is 23.9. The number of hydrogen-bond donors (Lipinski definition) is 0. The molecular weight excluding hydrogens is 304 g/mol. The molecule has 0 aliphatic rings. The Hall–Kier alpha value is -2.36. The van der Waals surface area contributed by atoms with E-state index in [1.165, 1.54) is 0 Å². The van der Waals surface area contributed by atoms with Gasteiger partial charge >= 0.3 is 11.9 Å². The summed E-state index contributed by atoms with van der Waals surface area (Å²) in [6.45, 7) is 17.6. The smallest absolute Gasteiger partial charge is 0.333 e. The van der Waals surface area contributed by atoms with E-state index in [9.17, 15) is 9.59 Å². The fraction of sp³-hybridized carbons (Fsp3) is 0.400. The SMILES string of the molecule is C=C(C)C(=O)OC(C)(C)c1ccccc1C(C)(C)OC(=O)C(=C)C. The molecule has 1 aromatic carbocycles. The van der Waals surface area contributed by atoms with Crippen LogP contribution in [0, 0.1) is 0 Å². The van der Waals surface area contributed by atoms with Crippen molar-refractivity contribution >= 4 is 11.9 Å². The summed E-state index contributed by atoms with van der Waals surface area (Å²) in [6, 6.07) is 7.42. The second-order valence-corrected chi connectivity index (χ2v) is 6.91. The maximum Gasteiger partial charge on any atom is 0.333 e. The molecule has 4 heteroatoms. The molecule has 0 aliphatic heterocycles. The van der Waals surface area contributed by atoms with Crippen molar-refractivity contribution < 1.29 is 19.1 Å². The topological polar surface area (TPSA) is 52.6 Å². The fourth-order valence-corrected chi connectivity index (χ4v) is 2.28. The van der Waals surface area contributed by atoms with E-state index in [-0.39, 0.29) is 0 Å². The average molecular weight is 330 g/mol. The second kappa shape index (κ2) is 7.04. The minimum atomic E-state index is -0.903. The van der Waals surface area contributed by atoms with Crippen LogP contribution in [0.3, 0.4) is 0 Å². The quantitative estimate of drug-likeness (QED) is 0.573. The van der Waals surface area contributed by atoms with Gasteiger partial charge in [-0.3, -0.25) is 0 Å². The Morgan fingerprint density at radius 2 is 1.08 bits per heavy atom. The second-order valence-electron chi connectivity index (χ2n) is 6.91. The predicted molar refractivity (Wildman–Crippen MR) is 94.3 cm³/mol. The Labute approximate surface area is 144 Å². The van der Waals surface area contributed by atoms with Gasteiger partial charge in [0.2, 0.25) is 0 Å².